The van der Waals surface area contributed by atoms with E-state index in [0.29, 0.717) is 5.92 Å². The molecule has 1 heterocycles. The van der Waals surface area contributed by atoms with Crippen LogP contribution < -0.4 is 5.32 Å². The highest BCUT2D eigenvalue weighted by Crippen LogP contribution is 2.49. The smallest absolute Gasteiger partial charge is 0.255 e. The van der Waals surface area contributed by atoms with Crippen LogP contribution in [-0.4, -0.2) is 30.9 Å². The van der Waals surface area contributed by atoms with Gasteiger partial charge in [-0.25, -0.2) is 0 Å². The largest absolute Gasteiger partial charge is 0.322 e. The molecule has 27 heavy (non-hydrogen) atoms. The van der Waals surface area contributed by atoms with Gasteiger partial charge >= 0.3 is 0 Å². The second kappa shape index (κ2) is 7.85. The molecule has 1 amide bonds. The summed E-state index contributed by atoms with van der Waals surface area (Å²) in [6.07, 6.45) is 4.98. The van der Waals surface area contributed by atoms with Gasteiger partial charge in [0.15, 0.2) is 0 Å². The normalized spacial score (nSPS) is 23.2. The summed E-state index contributed by atoms with van der Waals surface area (Å²) in [4.78, 5) is 14.9. The second-order valence-corrected chi connectivity index (χ2v) is 8.29. The molecule has 2 atom stereocenters. The predicted octanol–water partition coefficient (Wildman–Crippen LogP) is 5.26. The van der Waals surface area contributed by atoms with Gasteiger partial charge in [-0.05, 0) is 92.5 Å². The molecule has 142 valence electrons. The van der Waals surface area contributed by atoms with Crippen molar-refractivity contribution in [2.24, 2.45) is 5.92 Å². The molecule has 2 aliphatic rings. The van der Waals surface area contributed by atoms with E-state index in [0.717, 1.165) is 36.2 Å². The first-order valence-electron chi connectivity index (χ1n) is 10.3. The fourth-order valence-corrected chi connectivity index (χ4v) is 4.37. The van der Waals surface area contributed by atoms with Gasteiger partial charge in [0.05, 0.1) is 0 Å². The first-order valence-corrected chi connectivity index (χ1v) is 10.3. The number of benzene rings is 2. The summed E-state index contributed by atoms with van der Waals surface area (Å²) in [6.45, 7) is 4.57. The first kappa shape index (κ1) is 18.2. The molecule has 1 saturated carbocycles. The zero-order chi connectivity index (χ0) is 18.8. The molecule has 0 radical (unpaired) electrons. The molecule has 3 heteroatoms. The van der Waals surface area contributed by atoms with E-state index in [4.69, 9.17) is 0 Å². The molecule has 4 rings (SSSR count). The fraction of sp³-hybridized carbons (Fsp3) is 0.458. The number of anilines is 1. The standard InChI is InChI=1S/C24H30N2O/c1-3-17-16-23(17)20-8-10-22(11-9-20)25-24(27)21-6-4-18(5-7-21)19-12-14-26(2)15-13-19/h4-11,17,19,23H,3,12-16H2,1-2H3,(H,25,27). The lowest BCUT2D eigenvalue weighted by molar-refractivity contribution is 0.102. The maximum absolute atomic E-state index is 12.6. The van der Waals surface area contributed by atoms with Gasteiger partial charge in [0.25, 0.3) is 5.91 Å². The molecule has 3 nitrogen and oxygen atoms in total. The highest BCUT2D eigenvalue weighted by molar-refractivity contribution is 6.04. The Morgan fingerprint density at radius 2 is 1.63 bits per heavy atom. The molecule has 1 aliphatic carbocycles. The molecule has 2 aromatic carbocycles. The quantitative estimate of drug-likeness (QED) is 0.787. The van der Waals surface area contributed by atoms with Gasteiger partial charge < -0.3 is 10.2 Å². The van der Waals surface area contributed by atoms with Crippen LogP contribution in [-0.2, 0) is 0 Å². The van der Waals surface area contributed by atoms with Gasteiger partial charge in [-0.1, -0.05) is 37.6 Å². The van der Waals surface area contributed by atoms with Crippen LogP contribution in [0.2, 0.25) is 0 Å². The van der Waals surface area contributed by atoms with E-state index in [2.05, 4.69) is 48.5 Å². The van der Waals surface area contributed by atoms with E-state index in [-0.39, 0.29) is 5.91 Å². The summed E-state index contributed by atoms with van der Waals surface area (Å²) >= 11 is 0. The van der Waals surface area contributed by atoms with Gasteiger partial charge in [-0.15, -0.1) is 0 Å². The maximum atomic E-state index is 12.6. The minimum absolute atomic E-state index is 0.0319. The Balaban J connectivity index is 1.35. The number of hydrogen-bond donors (Lipinski definition) is 1. The third kappa shape index (κ3) is 4.24. The van der Waals surface area contributed by atoms with Gasteiger partial charge in [0, 0.05) is 11.3 Å². The van der Waals surface area contributed by atoms with Crippen molar-refractivity contribution in [1.29, 1.82) is 0 Å². The first-order chi connectivity index (χ1) is 13.1. The number of amides is 1. The lowest BCUT2D eigenvalue weighted by Crippen LogP contribution is -2.29. The van der Waals surface area contributed by atoms with Crippen molar-refractivity contribution in [3.63, 3.8) is 0 Å². The highest BCUT2D eigenvalue weighted by atomic mass is 16.1. The van der Waals surface area contributed by atoms with E-state index >= 15 is 0 Å². The van der Waals surface area contributed by atoms with Crippen LogP contribution in [0, 0.1) is 5.92 Å². The molecule has 0 bridgehead atoms. The summed E-state index contributed by atoms with van der Waals surface area (Å²) in [5.74, 6) is 2.18. The molecule has 1 N–H and O–H groups in total. The Morgan fingerprint density at radius 3 is 2.22 bits per heavy atom. The van der Waals surface area contributed by atoms with Crippen LogP contribution in [0.3, 0.4) is 0 Å². The number of piperidine rings is 1. The van der Waals surface area contributed by atoms with Crippen LogP contribution in [0.1, 0.15) is 65.9 Å². The topological polar surface area (TPSA) is 32.3 Å². The SMILES string of the molecule is CCC1CC1c1ccc(NC(=O)c2ccc(C3CCN(C)CC3)cc2)cc1. The van der Waals surface area contributed by atoms with Gasteiger partial charge in [-0.3, -0.25) is 4.79 Å². The number of likely N-dealkylation sites (tertiary alicyclic amines) is 1. The van der Waals surface area contributed by atoms with Crippen molar-refractivity contribution in [2.75, 3.05) is 25.5 Å². The summed E-state index contributed by atoms with van der Waals surface area (Å²) in [5, 5.41) is 3.03. The number of carbonyl (C=O) groups excluding carboxylic acids is 1. The zero-order valence-electron chi connectivity index (χ0n) is 16.4. The Hall–Kier alpha value is -2.13. The van der Waals surface area contributed by atoms with Crippen molar-refractivity contribution in [3.05, 3.63) is 65.2 Å². The molecule has 0 spiro atoms. The van der Waals surface area contributed by atoms with Crippen molar-refractivity contribution < 1.29 is 4.79 Å². The molecule has 2 aromatic rings. The number of nitrogens with zero attached hydrogens (tertiary/aromatic N) is 1. The highest BCUT2D eigenvalue weighted by Gasteiger charge is 2.36. The third-order valence-electron chi connectivity index (χ3n) is 6.41. The Morgan fingerprint density at radius 1 is 1.00 bits per heavy atom. The van der Waals surface area contributed by atoms with Crippen LogP contribution in [0.25, 0.3) is 0 Å². The second-order valence-electron chi connectivity index (χ2n) is 8.29. The summed E-state index contributed by atoms with van der Waals surface area (Å²) in [6, 6.07) is 16.6. The molecular weight excluding hydrogens is 332 g/mol. The van der Waals surface area contributed by atoms with Crippen LogP contribution >= 0.6 is 0 Å². The van der Waals surface area contributed by atoms with Crippen LogP contribution in [0.4, 0.5) is 5.69 Å². The Kier molecular flexibility index (Phi) is 5.31. The lowest BCUT2D eigenvalue weighted by atomic mass is 9.89. The van der Waals surface area contributed by atoms with Gasteiger partial charge in [0.1, 0.15) is 0 Å². The number of rotatable bonds is 5. The van der Waals surface area contributed by atoms with Crippen molar-refractivity contribution in [1.82, 2.24) is 4.90 Å². The predicted molar refractivity (Wildman–Crippen MR) is 111 cm³/mol. The number of hydrogen-bond acceptors (Lipinski definition) is 2. The molecule has 1 aliphatic heterocycles. The molecule has 2 unspecified atom stereocenters. The average Bonchev–Trinajstić information content (AvgIpc) is 3.49. The van der Waals surface area contributed by atoms with Gasteiger partial charge in [-0.2, -0.15) is 0 Å². The maximum Gasteiger partial charge on any atom is 0.255 e. The molecule has 2 fully saturated rings. The van der Waals surface area contributed by atoms with E-state index in [1.807, 2.05) is 24.3 Å². The Labute approximate surface area is 162 Å². The monoisotopic (exact) mass is 362 g/mol. The molecule has 0 aromatic heterocycles. The summed E-state index contributed by atoms with van der Waals surface area (Å²) in [5.41, 5.74) is 4.36. The Bertz CT molecular complexity index is 773. The lowest BCUT2D eigenvalue weighted by Gasteiger charge is -2.29. The zero-order valence-corrected chi connectivity index (χ0v) is 16.4. The van der Waals surface area contributed by atoms with E-state index in [9.17, 15) is 4.79 Å². The number of carbonyl (C=O) groups is 1. The van der Waals surface area contributed by atoms with E-state index in [1.54, 1.807) is 0 Å². The van der Waals surface area contributed by atoms with Crippen LogP contribution in [0.5, 0.6) is 0 Å². The fourth-order valence-electron chi connectivity index (χ4n) is 4.37. The molecular formula is C24H30N2O. The van der Waals surface area contributed by atoms with E-state index < -0.39 is 0 Å². The minimum Gasteiger partial charge on any atom is -0.322 e. The average molecular weight is 363 g/mol. The summed E-state index contributed by atoms with van der Waals surface area (Å²) in [7, 11) is 2.18. The van der Waals surface area contributed by atoms with Crippen molar-refractivity contribution in [2.45, 2.75) is 44.4 Å². The van der Waals surface area contributed by atoms with Crippen molar-refractivity contribution in [3.8, 4) is 0 Å². The minimum atomic E-state index is -0.0319. The van der Waals surface area contributed by atoms with Crippen LogP contribution in [0.15, 0.2) is 48.5 Å². The third-order valence-corrected chi connectivity index (χ3v) is 6.41. The molecule has 1 saturated heterocycles. The van der Waals surface area contributed by atoms with Gasteiger partial charge in [0.2, 0.25) is 0 Å². The van der Waals surface area contributed by atoms with Crippen molar-refractivity contribution >= 4 is 11.6 Å². The number of nitrogens with one attached hydrogen (secondary N) is 1. The summed E-state index contributed by atoms with van der Waals surface area (Å²) < 4.78 is 0. The van der Waals surface area contributed by atoms with E-state index in [1.165, 1.54) is 36.8 Å².